The highest BCUT2D eigenvalue weighted by atomic mass is 35.5. The SMILES string of the molecule is CO[C@@H](C)c1c(Nc2ccc([C@H](N(C)C(=O)C3CCCNC3)C(F)(F)F)cc2)cnc2nc(Cl)nn12.Cl. The van der Waals surface area contributed by atoms with Crippen molar-refractivity contribution < 1.29 is 22.7 Å². The number of halogens is 5. The van der Waals surface area contributed by atoms with E-state index in [1.54, 1.807) is 6.92 Å². The van der Waals surface area contributed by atoms with Crippen molar-refractivity contribution in [3.8, 4) is 0 Å². The Bertz CT molecular complexity index is 1220. The third-order valence-corrected chi connectivity index (χ3v) is 6.47. The van der Waals surface area contributed by atoms with Gasteiger partial charge in [0.25, 0.3) is 5.78 Å². The van der Waals surface area contributed by atoms with Crippen LogP contribution in [0.25, 0.3) is 5.78 Å². The number of carbonyl (C=O) groups excluding carboxylic acids is 1. The van der Waals surface area contributed by atoms with Crippen molar-refractivity contribution >= 4 is 47.1 Å². The van der Waals surface area contributed by atoms with Crippen LogP contribution in [0.2, 0.25) is 5.28 Å². The zero-order valence-electron chi connectivity index (χ0n) is 20.4. The molecule has 14 heteroatoms. The molecule has 2 N–H and O–H groups in total. The first-order valence-corrected chi connectivity index (χ1v) is 11.8. The number of ether oxygens (including phenoxy) is 1. The molecule has 1 fully saturated rings. The molecule has 4 rings (SSSR count). The summed E-state index contributed by atoms with van der Waals surface area (Å²) in [5, 5.41) is 10.4. The van der Waals surface area contributed by atoms with E-state index in [9.17, 15) is 18.0 Å². The van der Waals surface area contributed by atoms with Crippen molar-refractivity contribution in [2.45, 2.75) is 38.1 Å². The molecule has 0 bridgehead atoms. The molecule has 202 valence electrons. The van der Waals surface area contributed by atoms with Crippen LogP contribution in [0.1, 0.15) is 43.2 Å². The molecular weight excluding hydrogens is 534 g/mol. The van der Waals surface area contributed by atoms with E-state index in [2.05, 4.69) is 25.7 Å². The molecule has 1 amide bonds. The van der Waals surface area contributed by atoms with E-state index >= 15 is 0 Å². The second-order valence-corrected chi connectivity index (χ2v) is 9.05. The van der Waals surface area contributed by atoms with Crippen molar-refractivity contribution in [2.75, 3.05) is 32.6 Å². The van der Waals surface area contributed by atoms with Gasteiger partial charge < -0.3 is 20.3 Å². The molecule has 3 atom stereocenters. The van der Waals surface area contributed by atoms with Gasteiger partial charge in [-0.1, -0.05) is 12.1 Å². The molecule has 0 spiro atoms. The molecule has 2 aromatic heterocycles. The predicted octanol–water partition coefficient (Wildman–Crippen LogP) is 4.71. The monoisotopic (exact) mass is 561 g/mol. The fraction of sp³-hybridized carbons (Fsp3) is 0.478. The number of benzene rings is 1. The van der Waals surface area contributed by atoms with Gasteiger partial charge in [0.15, 0.2) is 6.04 Å². The molecule has 3 aromatic rings. The van der Waals surface area contributed by atoms with Crippen LogP contribution >= 0.6 is 24.0 Å². The molecule has 1 unspecified atom stereocenters. The van der Waals surface area contributed by atoms with Gasteiger partial charge in [0.2, 0.25) is 11.2 Å². The van der Waals surface area contributed by atoms with E-state index in [1.165, 1.54) is 49.1 Å². The highest BCUT2D eigenvalue weighted by Crippen LogP contribution is 2.39. The lowest BCUT2D eigenvalue weighted by molar-refractivity contribution is -0.190. The van der Waals surface area contributed by atoms with E-state index in [0.717, 1.165) is 17.9 Å². The van der Waals surface area contributed by atoms with E-state index < -0.39 is 30.1 Å². The number of nitrogens with one attached hydrogen (secondary N) is 2. The number of alkyl halides is 3. The molecule has 1 aliphatic heterocycles. The average molecular weight is 562 g/mol. The van der Waals surface area contributed by atoms with Gasteiger partial charge in [-0.25, -0.2) is 4.98 Å². The smallest absolute Gasteiger partial charge is 0.375 e. The summed E-state index contributed by atoms with van der Waals surface area (Å²) in [5.74, 6) is -0.701. The molecule has 3 heterocycles. The van der Waals surface area contributed by atoms with Gasteiger partial charge in [0.05, 0.1) is 29.6 Å². The average Bonchev–Trinajstić information content (AvgIpc) is 3.24. The maximum absolute atomic E-state index is 14.1. The first-order chi connectivity index (χ1) is 17.1. The number of aromatic nitrogens is 4. The molecule has 9 nitrogen and oxygen atoms in total. The van der Waals surface area contributed by atoms with E-state index in [1.807, 2.05) is 0 Å². The lowest BCUT2D eigenvalue weighted by atomic mass is 9.96. The highest BCUT2D eigenvalue weighted by Gasteiger charge is 2.46. The van der Waals surface area contributed by atoms with Gasteiger partial charge in [-0.15, -0.1) is 17.5 Å². The Morgan fingerprint density at radius 3 is 2.62 bits per heavy atom. The van der Waals surface area contributed by atoms with Crippen LogP contribution in [-0.4, -0.2) is 63.8 Å². The maximum atomic E-state index is 14.1. The Balaban J connectivity index is 0.00000380. The highest BCUT2D eigenvalue weighted by molar-refractivity contribution is 6.28. The zero-order valence-corrected chi connectivity index (χ0v) is 22.0. The van der Waals surface area contributed by atoms with Crippen LogP contribution < -0.4 is 10.6 Å². The van der Waals surface area contributed by atoms with Gasteiger partial charge >= 0.3 is 6.18 Å². The van der Waals surface area contributed by atoms with E-state index in [4.69, 9.17) is 16.3 Å². The van der Waals surface area contributed by atoms with Gasteiger partial charge in [0.1, 0.15) is 0 Å². The topological polar surface area (TPSA) is 96.7 Å². The number of methoxy groups -OCH3 is 1. The number of hydrogen-bond acceptors (Lipinski definition) is 7. The Hall–Kier alpha value is -2.67. The minimum absolute atomic E-state index is 0. The van der Waals surface area contributed by atoms with Crippen LogP contribution in [0.4, 0.5) is 24.5 Å². The molecule has 0 aliphatic carbocycles. The standard InChI is InChI=1S/C23H27ClF3N7O2.ClH/c1-13(36-3)18-17(12-29-22-31-21(24)32-34(18)22)30-16-8-6-14(7-9-16)19(23(25,26)27)33(2)20(35)15-5-4-10-28-11-15;/h6-9,12-13,15,19,28,30H,4-5,10-11H2,1-3H3;1H/t13-,15?,19-;/m0./s1. The molecule has 37 heavy (non-hydrogen) atoms. The summed E-state index contributed by atoms with van der Waals surface area (Å²) < 4.78 is 49.2. The number of carbonyl (C=O) groups is 1. The second-order valence-electron chi connectivity index (χ2n) is 8.71. The number of piperidine rings is 1. The number of amides is 1. The van der Waals surface area contributed by atoms with Gasteiger partial charge in [-0.3, -0.25) is 4.79 Å². The van der Waals surface area contributed by atoms with E-state index in [0.29, 0.717) is 30.0 Å². The van der Waals surface area contributed by atoms with Crippen LogP contribution in [0.5, 0.6) is 0 Å². The summed E-state index contributed by atoms with van der Waals surface area (Å²) in [6, 6.07) is 3.71. The Morgan fingerprint density at radius 2 is 2.03 bits per heavy atom. The summed E-state index contributed by atoms with van der Waals surface area (Å²) in [5.41, 5.74) is 1.60. The molecule has 0 radical (unpaired) electrons. The molecular formula is C23H28Cl2F3N7O2. The minimum Gasteiger partial charge on any atom is -0.375 e. The molecule has 1 aromatic carbocycles. The van der Waals surface area contributed by atoms with Gasteiger partial charge in [0, 0.05) is 26.4 Å². The largest absolute Gasteiger partial charge is 0.413 e. The summed E-state index contributed by atoms with van der Waals surface area (Å²) in [6.45, 7) is 2.96. The Morgan fingerprint density at radius 1 is 1.32 bits per heavy atom. The lowest BCUT2D eigenvalue weighted by Crippen LogP contribution is -2.46. The van der Waals surface area contributed by atoms with Crippen molar-refractivity contribution in [3.05, 3.63) is 47.0 Å². The number of fused-ring (bicyclic) bond motifs is 1. The number of rotatable bonds is 7. The summed E-state index contributed by atoms with van der Waals surface area (Å²) in [4.78, 5) is 21.9. The fourth-order valence-corrected chi connectivity index (χ4v) is 4.59. The second kappa shape index (κ2) is 11.8. The van der Waals surface area contributed by atoms with Crippen molar-refractivity contribution in [1.29, 1.82) is 0 Å². The summed E-state index contributed by atoms with van der Waals surface area (Å²) >= 11 is 5.93. The Kier molecular flexibility index (Phi) is 9.22. The normalized spacial score (nSPS) is 17.6. The Labute approximate surface area is 223 Å². The molecule has 1 aliphatic rings. The first-order valence-electron chi connectivity index (χ1n) is 11.4. The van der Waals surface area contributed by atoms with Crippen molar-refractivity contribution in [1.82, 2.24) is 29.8 Å². The number of nitrogens with zero attached hydrogens (tertiary/aromatic N) is 5. The van der Waals surface area contributed by atoms with E-state index in [-0.39, 0.29) is 29.0 Å². The summed E-state index contributed by atoms with van der Waals surface area (Å²) in [7, 11) is 2.75. The summed E-state index contributed by atoms with van der Waals surface area (Å²) in [6.07, 6.45) is -2.20. The molecule has 0 saturated carbocycles. The third-order valence-electron chi connectivity index (χ3n) is 6.31. The quantitative estimate of drug-likeness (QED) is 0.431. The lowest BCUT2D eigenvalue weighted by Gasteiger charge is -2.34. The predicted molar refractivity (Wildman–Crippen MR) is 135 cm³/mol. The third kappa shape index (κ3) is 6.25. The molecule has 1 saturated heterocycles. The number of anilines is 2. The minimum atomic E-state index is -4.64. The van der Waals surface area contributed by atoms with Crippen molar-refractivity contribution in [2.24, 2.45) is 5.92 Å². The van der Waals surface area contributed by atoms with Crippen LogP contribution in [0.15, 0.2) is 30.5 Å². The van der Waals surface area contributed by atoms with Crippen LogP contribution in [0.3, 0.4) is 0 Å². The van der Waals surface area contributed by atoms with Crippen LogP contribution in [0, 0.1) is 5.92 Å². The van der Waals surface area contributed by atoms with Gasteiger partial charge in [-0.2, -0.15) is 22.7 Å². The van der Waals surface area contributed by atoms with Crippen LogP contribution in [-0.2, 0) is 9.53 Å². The first kappa shape index (κ1) is 28.9. The fourth-order valence-electron chi connectivity index (χ4n) is 4.44. The zero-order chi connectivity index (χ0) is 26.0. The van der Waals surface area contributed by atoms with Crippen molar-refractivity contribution in [3.63, 3.8) is 0 Å². The van der Waals surface area contributed by atoms with Gasteiger partial charge in [-0.05, 0) is 55.6 Å². The number of hydrogen-bond donors (Lipinski definition) is 2. The maximum Gasteiger partial charge on any atom is 0.413 e.